The minimum Gasteiger partial charge on any atom is -0.497 e. The van der Waals surface area contributed by atoms with Crippen molar-refractivity contribution < 1.29 is 23.7 Å². The van der Waals surface area contributed by atoms with Crippen LogP contribution in [0, 0.1) is 0 Å². The van der Waals surface area contributed by atoms with Crippen LogP contribution in [0.2, 0.25) is 0 Å². The van der Waals surface area contributed by atoms with Gasteiger partial charge in [0.1, 0.15) is 17.3 Å². The summed E-state index contributed by atoms with van der Waals surface area (Å²) in [5.41, 5.74) is 13.2. The number of hydrogen-bond acceptors (Lipinski definition) is 7. The van der Waals surface area contributed by atoms with Gasteiger partial charge >= 0.3 is 0 Å². The van der Waals surface area contributed by atoms with Crippen LogP contribution < -0.4 is 15.2 Å². The van der Waals surface area contributed by atoms with E-state index in [1.54, 1.807) is 14.2 Å². The third-order valence-electron chi connectivity index (χ3n) is 8.78. The molecule has 0 saturated heterocycles. The van der Waals surface area contributed by atoms with Crippen molar-refractivity contribution in [3.63, 3.8) is 0 Å². The van der Waals surface area contributed by atoms with E-state index in [2.05, 4.69) is 58.8 Å². The van der Waals surface area contributed by atoms with Crippen LogP contribution in [-0.4, -0.2) is 67.1 Å². The van der Waals surface area contributed by atoms with Crippen molar-refractivity contribution in [1.82, 2.24) is 14.1 Å². The normalized spacial score (nSPS) is 11.3. The van der Waals surface area contributed by atoms with Gasteiger partial charge in [0.05, 0.1) is 45.4 Å². The van der Waals surface area contributed by atoms with Crippen LogP contribution in [-0.2, 0) is 23.1 Å². The molecule has 0 saturated carbocycles. The predicted octanol–water partition coefficient (Wildman–Crippen LogP) is 7.40. The molecule has 0 fully saturated rings. The number of nitrogens with zero attached hydrogens (tertiary/aromatic N) is 3. The molecular weight excluding hydrogens is 628 g/mol. The molecule has 2 N–H and O–H groups in total. The van der Waals surface area contributed by atoms with Gasteiger partial charge in [0.25, 0.3) is 0 Å². The van der Waals surface area contributed by atoms with Crippen molar-refractivity contribution in [2.24, 2.45) is 12.8 Å². The maximum atomic E-state index is 13.0. The second-order valence-electron chi connectivity index (χ2n) is 12.1. The van der Waals surface area contributed by atoms with Crippen LogP contribution in [0.25, 0.3) is 44.8 Å². The van der Waals surface area contributed by atoms with Crippen molar-refractivity contribution in [1.29, 1.82) is 0 Å². The highest BCUT2D eigenvalue weighted by molar-refractivity contribution is 5.97. The lowest BCUT2D eigenvalue weighted by molar-refractivity contribution is 0.0489. The number of rotatable bonds is 17. The second-order valence-corrected chi connectivity index (χ2v) is 12.1. The minimum absolute atomic E-state index is 0.0966. The molecule has 9 heteroatoms. The molecule has 0 aliphatic heterocycles. The van der Waals surface area contributed by atoms with Crippen LogP contribution in [0.3, 0.4) is 0 Å². The summed E-state index contributed by atoms with van der Waals surface area (Å²) >= 11 is 0. The monoisotopic (exact) mass is 672 g/mol. The van der Waals surface area contributed by atoms with E-state index in [0.29, 0.717) is 57.9 Å². The first-order chi connectivity index (χ1) is 24.5. The molecule has 258 valence electrons. The molecule has 6 aromatic rings. The zero-order chi connectivity index (χ0) is 34.9. The van der Waals surface area contributed by atoms with Gasteiger partial charge in [0.15, 0.2) is 5.78 Å². The molecule has 0 amide bonds. The lowest BCUT2D eigenvalue weighted by Crippen LogP contribution is -2.12. The molecule has 0 radical (unpaired) electrons. The third-order valence-corrected chi connectivity index (χ3v) is 8.78. The predicted molar refractivity (Wildman–Crippen MR) is 198 cm³/mol. The third kappa shape index (κ3) is 7.81. The van der Waals surface area contributed by atoms with Gasteiger partial charge in [-0.05, 0) is 66.6 Å². The maximum Gasteiger partial charge on any atom is 0.162 e. The van der Waals surface area contributed by atoms with E-state index in [9.17, 15) is 4.79 Å². The number of ether oxygens (including phenoxy) is 4. The average molecular weight is 673 g/mol. The Balaban J connectivity index is 1.36. The number of carbonyl (C=O) groups is 1. The van der Waals surface area contributed by atoms with Gasteiger partial charge in [-0.15, -0.1) is 0 Å². The summed E-state index contributed by atoms with van der Waals surface area (Å²) in [6.07, 6.45) is 3.22. The Hall–Kier alpha value is -5.22. The minimum atomic E-state index is 0.0966. The Kier molecular flexibility index (Phi) is 11.4. The summed E-state index contributed by atoms with van der Waals surface area (Å²) in [6.45, 7) is 3.07. The Morgan fingerprint density at radius 1 is 0.760 bits per heavy atom. The number of aromatic nitrogens is 3. The number of nitrogens with two attached hydrogens (primary N) is 1. The summed E-state index contributed by atoms with van der Waals surface area (Å²) in [5, 5.41) is 1.12. The van der Waals surface area contributed by atoms with Gasteiger partial charge in [-0.1, -0.05) is 42.5 Å². The van der Waals surface area contributed by atoms with E-state index >= 15 is 0 Å². The summed E-state index contributed by atoms with van der Waals surface area (Å²) in [6, 6.07) is 32.4. The summed E-state index contributed by atoms with van der Waals surface area (Å²) in [7, 11) is 5.40. The lowest BCUT2D eigenvalue weighted by Gasteiger charge is -2.14. The summed E-state index contributed by atoms with van der Waals surface area (Å²) < 4.78 is 26.3. The first kappa shape index (κ1) is 34.6. The fourth-order valence-corrected chi connectivity index (χ4v) is 6.19. The number of imidazole rings is 1. The maximum absolute atomic E-state index is 13.0. The highest BCUT2D eigenvalue weighted by atomic mass is 16.5. The molecule has 2 heterocycles. The second kappa shape index (κ2) is 16.5. The number of hydrogen-bond donors (Lipinski definition) is 1. The first-order valence-electron chi connectivity index (χ1n) is 16.9. The average Bonchev–Trinajstić information content (AvgIpc) is 3.70. The largest absolute Gasteiger partial charge is 0.497 e. The fraction of sp³-hybridized carbons (Fsp3) is 0.268. The fourth-order valence-electron chi connectivity index (χ4n) is 6.19. The number of aryl methyl sites for hydroxylation is 1. The van der Waals surface area contributed by atoms with Crippen molar-refractivity contribution in [3.8, 4) is 45.4 Å². The molecule has 4 aromatic carbocycles. The quantitative estimate of drug-likeness (QED) is 0.0796. The molecule has 9 nitrogen and oxygen atoms in total. The van der Waals surface area contributed by atoms with Gasteiger partial charge in [0, 0.05) is 72.5 Å². The van der Waals surface area contributed by atoms with E-state index in [1.165, 1.54) is 0 Å². The SMILES string of the molecule is COc1ccc(-c2nc(-c3cn(C)c4ccccc34)n(Cc3ccc(C(=O)CCCOCCOCCN)cc3)c2-c2ccc(OC)cc2)cc1. The Bertz CT molecular complexity index is 2010. The Labute approximate surface area is 293 Å². The molecule has 0 atom stereocenters. The molecule has 0 aliphatic carbocycles. The van der Waals surface area contributed by atoms with Crippen LogP contribution in [0.15, 0.2) is 103 Å². The van der Waals surface area contributed by atoms with E-state index in [4.69, 9.17) is 29.7 Å². The summed E-state index contributed by atoms with van der Waals surface area (Å²) in [4.78, 5) is 18.4. The van der Waals surface area contributed by atoms with E-state index < -0.39 is 0 Å². The van der Waals surface area contributed by atoms with E-state index in [1.807, 2.05) is 60.7 Å². The van der Waals surface area contributed by atoms with E-state index in [-0.39, 0.29) is 5.78 Å². The molecule has 6 rings (SSSR count). The molecular formula is C41H44N4O5. The smallest absolute Gasteiger partial charge is 0.162 e. The molecule has 0 unspecified atom stereocenters. The van der Waals surface area contributed by atoms with Crippen LogP contribution in [0.5, 0.6) is 11.5 Å². The number of fused-ring (bicyclic) bond motifs is 1. The standard InChI is InChI=1S/C41H44N4O5/c1-44-28-36(35-7-4-5-8-37(35)44)41-43-39(31-14-18-33(47-2)19-15-31)40(32-16-20-34(48-3)21-17-32)45(41)27-29-10-12-30(13-11-29)38(46)9-6-23-49-25-26-50-24-22-42/h4-5,7-8,10-21,28H,6,9,22-27,42H2,1-3H3. The van der Waals surface area contributed by atoms with Gasteiger partial charge < -0.3 is 33.8 Å². The number of ketones is 1. The van der Waals surface area contributed by atoms with Crippen molar-refractivity contribution in [3.05, 3.63) is 114 Å². The van der Waals surface area contributed by atoms with Crippen molar-refractivity contribution in [2.45, 2.75) is 19.4 Å². The number of carbonyl (C=O) groups excluding carboxylic acids is 1. The zero-order valence-electron chi connectivity index (χ0n) is 28.9. The highest BCUT2D eigenvalue weighted by Crippen LogP contribution is 2.40. The number of para-hydroxylation sites is 1. The van der Waals surface area contributed by atoms with Crippen molar-refractivity contribution in [2.75, 3.05) is 47.2 Å². The Morgan fingerprint density at radius 2 is 1.40 bits per heavy atom. The topological polar surface area (TPSA) is 103 Å². The summed E-state index contributed by atoms with van der Waals surface area (Å²) in [5.74, 6) is 2.51. The number of benzene rings is 4. The van der Waals surface area contributed by atoms with Gasteiger partial charge in [0.2, 0.25) is 0 Å². The van der Waals surface area contributed by atoms with Gasteiger partial charge in [-0.3, -0.25) is 4.79 Å². The number of Topliss-reactive ketones (excluding diaryl/α,β-unsaturated/α-hetero) is 1. The van der Waals surface area contributed by atoms with Crippen LogP contribution >= 0.6 is 0 Å². The molecule has 50 heavy (non-hydrogen) atoms. The molecule has 0 aliphatic rings. The highest BCUT2D eigenvalue weighted by Gasteiger charge is 2.24. The number of methoxy groups -OCH3 is 2. The molecule has 0 spiro atoms. The molecule has 0 bridgehead atoms. The van der Waals surface area contributed by atoms with Gasteiger partial charge in [-0.25, -0.2) is 4.98 Å². The van der Waals surface area contributed by atoms with E-state index in [0.717, 1.165) is 61.9 Å². The lowest BCUT2D eigenvalue weighted by atomic mass is 10.0. The zero-order valence-corrected chi connectivity index (χ0v) is 28.9. The van der Waals surface area contributed by atoms with Crippen LogP contribution in [0.1, 0.15) is 28.8 Å². The first-order valence-corrected chi connectivity index (χ1v) is 16.9. The van der Waals surface area contributed by atoms with Crippen molar-refractivity contribution >= 4 is 16.7 Å². The Morgan fingerprint density at radius 3 is 2.06 bits per heavy atom. The molecule has 2 aromatic heterocycles. The van der Waals surface area contributed by atoms with Crippen LogP contribution in [0.4, 0.5) is 0 Å². The van der Waals surface area contributed by atoms with Gasteiger partial charge in [-0.2, -0.15) is 0 Å².